The summed E-state index contributed by atoms with van der Waals surface area (Å²) in [6, 6.07) is 17.4. The van der Waals surface area contributed by atoms with Crippen molar-refractivity contribution in [3.63, 3.8) is 0 Å². The molecule has 4 rings (SSSR count). The molecule has 33 heavy (non-hydrogen) atoms. The molecular formula is C24H24N2O6S. The molecule has 1 N–H and O–H groups in total. The zero-order chi connectivity index (χ0) is 23.4. The number of nitrogens with zero attached hydrogens (tertiary/aromatic N) is 1. The van der Waals surface area contributed by atoms with Crippen LogP contribution in [0.4, 0.5) is 0 Å². The predicted molar refractivity (Wildman–Crippen MR) is 122 cm³/mol. The second-order valence-electron chi connectivity index (χ2n) is 7.54. The van der Waals surface area contributed by atoms with Gasteiger partial charge in [0.25, 0.3) is 11.8 Å². The lowest BCUT2D eigenvalue weighted by molar-refractivity contribution is -0.154. The Balaban J connectivity index is 1.42. The van der Waals surface area contributed by atoms with Gasteiger partial charge in [0.05, 0.1) is 0 Å². The Hall–Kier alpha value is -3.30. The van der Waals surface area contributed by atoms with Crippen molar-refractivity contribution in [3.8, 4) is 5.75 Å². The van der Waals surface area contributed by atoms with Crippen LogP contribution in [0.15, 0.2) is 71.9 Å². The van der Waals surface area contributed by atoms with E-state index in [2.05, 4.69) is 5.32 Å². The number of methoxy groups -OCH3 is 1. The topological polar surface area (TPSA) is 94.2 Å². The number of thioether (sulfide) groups is 1. The summed E-state index contributed by atoms with van der Waals surface area (Å²) in [5.74, 6) is -0.844. The summed E-state index contributed by atoms with van der Waals surface area (Å²) in [5, 5.41) is 2.23. The smallest absolute Gasteiger partial charge is 0.355 e. The maximum absolute atomic E-state index is 12.9. The molecule has 1 saturated heterocycles. The summed E-state index contributed by atoms with van der Waals surface area (Å²) in [6.07, 6.45) is 0. The van der Waals surface area contributed by atoms with Crippen LogP contribution in [0.25, 0.3) is 0 Å². The molecule has 0 spiro atoms. The second-order valence-corrected chi connectivity index (χ2v) is 8.73. The summed E-state index contributed by atoms with van der Waals surface area (Å²) in [7, 11) is 1.53. The van der Waals surface area contributed by atoms with Crippen molar-refractivity contribution in [2.45, 2.75) is 30.4 Å². The van der Waals surface area contributed by atoms with Gasteiger partial charge >= 0.3 is 5.97 Å². The normalized spacial score (nSPS) is 21.7. The highest BCUT2D eigenvalue weighted by Gasteiger charge is 2.56. The second kappa shape index (κ2) is 10.1. The third-order valence-corrected chi connectivity index (χ3v) is 6.88. The summed E-state index contributed by atoms with van der Waals surface area (Å²) in [6.45, 7) is 1.61. The largest absolute Gasteiger partial charge is 0.484 e. The monoisotopic (exact) mass is 468 g/mol. The summed E-state index contributed by atoms with van der Waals surface area (Å²) < 4.78 is 16.4. The first kappa shape index (κ1) is 22.9. The third kappa shape index (κ3) is 4.89. The molecule has 2 heterocycles. The van der Waals surface area contributed by atoms with Gasteiger partial charge < -0.3 is 19.5 Å². The molecule has 2 aliphatic heterocycles. The van der Waals surface area contributed by atoms with Gasteiger partial charge in [-0.25, -0.2) is 4.79 Å². The zero-order valence-electron chi connectivity index (χ0n) is 18.2. The van der Waals surface area contributed by atoms with Crippen LogP contribution in [0.3, 0.4) is 0 Å². The first-order valence-electron chi connectivity index (χ1n) is 10.4. The van der Waals surface area contributed by atoms with Crippen LogP contribution in [0.2, 0.25) is 0 Å². The number of β-lactam (4-membered cyclic amide) rings is 1. The Bertz CT molecular complexity index is 1060. The molecule has 2 aromatic carbocycles. The van der Waals surface area contributed by atoms with Crippen LogP contribution in [0.5, 0.6) is 5.75 Å². The van der Waals surface area contributed by atoms with Gasteiger partial charge in [-0.2, -0.15) is 0 Å². The summed E-state index contributed by atoms with van der Waals surface area (Å²) >= 11 is 1.35. The fourth-order valence-corrected chi connectivity index (χ4v) is 5.02. The van der Waals surface area contributed by atoms with Gasteiger partial charge in [0.15, 0.2) is 6.61 Å². The molecular weight excluding hydrogens is 444 g/mol. The zero-order valence-corrected chi connectivity index (χ0v) is 19.0. The van der Waals surface area contributed by atoms with E-state index in [1.165, 1.54) is 23.8 Å². The van der Waals surface area contributed by atoms with Crippen LogP contribution in [0.1, 0.15) is 12.5 Å². The maximum atomic E-state index is 12.9. The number of ether oxygens (including phenoxy) is 3. The Labute approximate surface area is 195 Å². The quantitative estimate of drug-likeness (QED) is 0.470. The van der Waals surface area contributed by atoms with Crippen molar-refractivity contribution in [2.24, 2.45) is 0 Å². The third-order valence-electron chi connectivity index (χ3n) is 5.32. The number of nitrogens with one attached hydrogen (secondary N) is 1. The number of carbonyl (C=O) groups is 3. The SMILES string of the molecule is CO[C@H]1S[C@H]2[C@@H](NC(=O)COc3ccccc3)C(=O)N2C(C(=O)OCc2ccccc2)=C1C. The first-order chi connectivity index (χ1) is 16.0. The van der Waals surface area contributed by atoms with Crippen LogP contribution >= 0.6 is 11.8 Å². The molecule has 2 aliphatic rings. The van der Waals surface area contributed by atoms with E-state index < -0.39 is 28.7 Å². The van der Waals surface area contributed by atoms with Gasteiger partial charge in [-0.3, -0.25) is 14.5 Å². The number of hydrogen-bond acceptors (Lipinski definition) is 7. The van der Waals surface area contributed by atoms with Crippen molar-refractivity contribution in [1.29, 1.82) is 0 Å². The molecule has 2 amide bonds. The fourth-order valence-electron chi connectivity index (χ4n) is 3.67. The molecule has 1 fully saturated rings. The number of esters is 1. The fraction of sp³-hybridized carbons (Fsp3) is 0.292. The van der Waals surface area contributed by atoms with Crippen LogP contribution in [-0.4, -0.2) is 53.3 Å². The number of hydrogen-bond donors (Lipinski definition) is 1. The minimum Gasteiger partial charge on any atom is -0.484 e. The predicted octanol–water partition coefficient (Wildman–Crippen LogP) is 2.46. The minimum atomic E-state index is -0.787. The number of amides is 2. The van der Waals surface area contributed by atoms with Crippen molar-refractivity contribution in [2.75, 3.05) is 13.7 Å². The standard InChI is InChI=1S/C24H24N2O6S/c1-15-20(23(29)32-13-16-9-5-3-6-10-16)26-21(28)19(22(26)33-24(15)30-2)25-18(27)14-31-17-11-7-4-8-12-17/h3-12,19,22,24H,13-14H2,1-2H3,(H,25,27)/t19-,22-,24-/m0/s1. The lowest BCUT2D eigenvalue weighted by Crippen LogP contribution is -2.71. The van der Waals surface area contributed by atoms with E-state index in [-0.39, 0.29) is 24.8 Å². The molecule has 0 saturated carbocycles. The molecule has 0 bridgehead atoms. The molecule has 9 heteroatoms. The van der Waals surface area contributed by atoms with E-state index in [1.54, 1.807) is 31.2 Å². The Morgan fingerprint density at radius 2 is 1.73 bits per heavy atom. The lowest BCUT2D eigenvalue weighted by Gasteiger charge is -2.50. The van der Waals surface area contributed by atoms with E-state index >= 15 is 0 Å². The number of para-hydroxylation sites is 1. The molecule has 8 nitrogen and oxygen atoms in total. The molecule has 0 unspecified atom stereocenters. The van der Waals surface area contributed by atoms with Crippen molar-refractivity contribution in [3.05, 3.63) is 77.5 Å². The van der Waals surface area contributed by atoms with E-state index in [4.69, 9.17) is 14.2 Å². The van der Waals surface area contributed by atoms with E-state index in [1.807, 2.05) is 36.4 Å². The van der Waals surface area contributed by atoms with Crippen LogP contribution < -0.4 is 10.1 Å². The summed E-state index contributed by atoms with van der Waals surface area (Å²) in [4.78, 5) is 39.6. The minimum absolute atomic E-state index is 0.0882. The van der Waals surface area contributed by atoms with Gasteiger partial charge in [0, 0.05) is 7.11 Å². The average Bonchev–Trinajstić information content (AvgIpc) is 2.85. The van der Waals surface area contributed by atoms with Gasteiger partial charge in [-0.1, -0.05) is 60.3 Å². The number of benzene rings is 2. The molecule has 0 radical (unpaired) electrons. The molecule has 0 aromatic heterocycles. The highest BCUT2D eigenvalue weighted by atomic mass is 32.2. The Kier molecular flexibility index (Phi) is 7.00. The van der Waals surface area contributed by atoms with E-state index in [0.29, 0.717) is 11.3 Å². The molecule has 3 atom stereocenters. The average molecular weight is 469 g/mol. The molecule has 0 aliphatic carbocycles. The number of rotatable bonds is 8. The van der Waals surface area contributed by atoms with Crippen LogP contribution in [0, 0.1) is 0 Å². The number of carbonyl (C=O) groups excluding carboxylic acids is 3. The van der Waals surface area contributed by atoms with Crippen molar-refractivity contribution in [1.82, 2.24) is 10.2 Å². The van der Waals surface area contributed by atoms with Gasteiger partial charge in [-0.05, 0) is 30.2 Å². The lowest BCUT2D eigenvalue weighted by atomic mass is 10.0. The van der Waals surface area contributed by atoms with Gasteiger partial charge in [0.1, 0.15) is 34.9 Å². The molecule has 2 aromatic rings. The molecule has 172 valence electrons. The van der Waals surface area contributed by atoms with Crippen LogP contribution in [-0.2, 0) is 30.5 Å². The highest BCUT2D eigenvalue weighted by molar-refractivity contribution is 8.00. The maximum Gasteiger partial charge on any atom is 0.355 e. The summed E-state index contributed by atoms with van der Waals surface area (Å²) in [5.41, 5.74) is 1.16. The van der Waals surface area contributed by atoms with Crippen molar-refractivity contribution >= 4 is 29.5 Å². The van der Waals surface area contributed by atoms with E-state index in [0.717, 1.165) is 5.56 Å². The first-order valence-corrected chi connectivity index (χ1v) is 11.3. The van der Waals surface area contributed by atoms with E-state index in [9.17, 15) is 14.4 Å². The Morgan fingerprint density at radius 3 is 2.39 bits per heavy atom. The highest BCUT2D eigenvalue weighted by Crippen LogP contribution is 2.44. The van der Waals surface area contributed by atoms with Gasteiger partial charge in [-0.15, -0.1) is 0 Å². The van der Waals surface area contributed by atoms with Gasteiger partial charge in [0.2, 0.25) is 0 Å². The van der Waals surface area contributed by atoms with Crippen molar-refractivity contribution < 1.29 is 28.6 Å². The number of fused-ring (bicyclic) bond motifs is 1. The Morgan fingerprint density at radius 1 is 1.06 bits per heavy atom.